The Morgan fingerprint density at radius 1 is 1.24 bits per heavy atom. The van der Waals surface area contributed by atoms with Crippen LogP contribution >= 0.6 is 0 Å². The molecule has 0 amide bonds. The summed E-state index contributed by atoms with van der Waals surface area (Å²) in [7, 11) is -2.88. The molecule has 1 N–H and O–H groups in total. The van der Waals surface area contributed by atoms with Crippen LogP contribution in [0.15, 0.2) is 30.5 Å². The molecule has 116 valence electrons. The number of rotatable bonds is 8. The van der Waals surface area contributed by atoms with Crippen LogP contribution in [0.25, 0.3) is 10.9 Å². The molecule has 0 unspecified atom stereocenters. The first-order chi connectivity index (χ1) is 9.99. The van der Waals surface area contributed by atoms with Crippen LogP contribution in [0, 0.1) is 0 Å². The molecule has 0 spiro atoms. The van der Waals surface area contributed by atoms with Crippen molar-refractivity contribution in [2.24, 2.45) is 0 Å². The van der Waals surface area contributed by atoms with E-state index in [4.69, 9.17) is 0 Å². The van der Waals surface area contributed by atoms with Crippen LogP contribution in [0.2, 0.25) is 0 Å². The van der Waals surface area contributed by atoms with E-state index in [0.29, 0.717) is 6.42 Å². The first-order valence-electron chi connectivity index (χ1n) is 7.46. The summed E-state index contributed by atoms with van der Waals surface area (Å²) in [6, 6.07) is 8.55. The molecule has 0 saturated heterocycles. The minimum Gasteiger partial charge on any atom is -0.347 e. The summed E-state index contributed by atoms with van der Waals surface area (Å²) in [5, 5.41) is 4.60. The third-order valence-electron chi connectivity index (χ3n) is 3.51. The molecular weight excluding hydrogens is 284 g/mol. The van der Waals surface area contributed by atoms with Crippen LogP contribution in [-0.4, -0.2) is 31.5 Å². The van der Waals surface area contributed by atoms with Crippen LogP contribution in [0.5, 0.6) is 0 Å². The second-order valence-electron chi connectivity index (χ2n) is 5.56. The van der Waals surface area contributed by atoms with Crippen molar-refractivity contribution in [2.75, 3.05) is 18.6 Å². The molecule has 5 heteroatoms. The fraction of sp³-hybridized carbons (Fsp3) is 0.500. The van der Waals surface area contributed by atoms with Crippen molar-refractivity contribution in [1.29, 1.82) is 0 Å². The van der Waals surface area contributed by atoms with Crippen LogP contribution in [0.4, 0.5) is 0 Å². The average molecular weight is 308 g/mol. The van der Waals surface area contributed by atoms with Gasteiger partial charge < -0.3 is 9.88 Å². The Labute approximate surface area is 127 Å². The topological polar surface area (TPSA) is 51.1 Å². The van der Waals surface area contributed by atoms with Gasteiger partial charge in [0.25, 0.3) is 0 Å². The van der Waals surface area contributed by atoms with Crippen molar-refractivity contribution in [3.63, 3.8) is 0 Å². The summed E-state index contributed by atoms with van der Waals surface area (Å²) >= 11 is 0. The van der Waals surface area contributed by atoms with Crippen molar-refractivity contribution >= 4 is 20.7 Å². The Hall–Kier alpha value is -1.33. The van der Waals surface area contributed by atoms with E-state index >= 15 is 0 Å². The van der Waals surface area contributed by atoms with E-state index in [9.17, 15) is 8.42 Å². The number of hydrogen-bond acceptors (Lipinski definition) is 3. The minimum absolute atomic E-state index is 0.240. The second-order valence-corrected chi connectivity index (χ2v) is 7.82. The molecular formula is C16H24N2O2S. The molecule has 1 aromatic heterocycles. The first kappa shape index (κ1) is 16.0. The Kier molecular flexibility index (Phi) is 5.42. The van der Waals surface area contributed by atoms with Crippen LogP contribution in [-0.2, 0) is 22.9 Å². The summed E-state index contributed by atoms with van der Waals surface area (Å²) in [5.74, 6) is 0.240. The molecule has 0 bridgehead atoms. The molecule has 2 rings (SSSR count). The standard InChI is InChI=1S/C16H24N2O2S/c1-3-8-17-13-14-5-6-15-7-10-18(16(15)12-14)9-4-11-21(2,19)20/h5-7,10,12,17H,3-4,8-9,11,13H2,1-2H3. The van der Waals surface area contributed by atoms with Gasteiger partial charge in [-0.3, -0.25) is 0 Å². The van der Waals surface area contributed by atoms with Crippen molar-refractivity contribution in [2.45, 2.75) is 32.9 Å². The molecule has 0 atom stereocenters. The molecule has 4 nitrogen and oxygen atoms in total. The van der Waals surface area contributed by atoms with E-state index < -0.39 is 9.84 Å². The highest BCUT2D eigenvalue weighted by atomic mass is 32.2. The predicted octanol–water partition coefficient (Wildman–Crippen LogP) is 2.58. The van der Waals surface area contributed by atoms with Crippen LogP contribution in [0.1, 0.15) is 25.3 Å². The largest absolute Gasteiger partial charge is 0.347 e. The lowest BCUT2D eigenvalue weighted by Crippen LogP contribution is -2.13. The van der Waals surface area contributed by atoms with Crippen molar-refractivity contribution in [3.8, 4) is 0 Å². The second kappa shape index (κ2) is 7.09. The van der Waals surface area contributed by atoms with Gasteiger partial charge >= 0.3 is 0 Å². The molecule has 0 saturated carbocycles. The van der Waals surface area contributed by atoms with Crippen LogP contribution in [0.3, 0.4) is 0 Å². The van der Waals surface area contributed by atoms with Crippen molar-refractivity contribution < 1.29 is 8.42 Å². The summed E-state index contributed by atoms with van der Waals surface area (Å²) < 4.78 is 24.6. The van der Waals surface area contributed by atoms with E-state index in [1.807, 2.05) is 6.20 Å². The van der Waals surface area contributed by atoms with Gasteiger partial charge in [-0.05, 0) is 42.5 Å². The zero-order chi connectivity index (χ0) is 15.3. The molecule has 0 radical (unpaired) electrons. The Bertz CT molecular complexity index is 689. The SMILES string of the molecule is CCCNCc1ccc2ccn(CCCS(C)(=O)=O)c2c1. The van der Waals surface area contributed by atoms with Gasteiger partial charge in [0.05, 0.1) is 5.75 Å². The van der Waals surface area contributed by atoms with Gasteiger partial charge in [-0.15, -0.1) is 0 Å². The summed E-state index contributed by atoms with van der Waals surface area (Å²) in [4.78, 5) is 0. The number of aryl methyl sites for hydroxylation is 1. The van der Waals surface area contributed by atoms with E-state index in [1.54, 1.807) is 0 Å². The lowest BCUT2D eigenvalue weighted by atomic mass is 10.1. The Morgan fingerprint density at radius 3 is 2.76 bits per heavy atom. The highest BCUT2D eigenvalue weighted by molar-refractivity contribution is 7.90. The van der Waals surface area contributed by atoms with Gasteiger partial charge in [-0.2, -0.15) is 0 Å². The number of sulfone groups is 1. The number of hydrogen-bond donors (Lipinski definition) is 1. The third kappa shape index (κ3) is 4.86. The molecule has 1 heterocycles. The Balaban J connectivity index is 2.07. The molecule has 0 aliphatic heterocycles. The molecule has 0 aliphatic rings. The van der Waals surface area contributed by atoms with E-state index in [2.05, 4.69) is 41.1 Å². The molecule has 0 fully saturated rings. The first-order valence-corrected chi connectivity index (χ1v) is 9.52. The monoisotopic (exact) mass is 308 g/mol. The maximum atomic E-state index is 11.2. The van der Waals surface area contributed by atoms with Gasteiger partial charge in [0.1, 0.15) is 9.84 Å². The normalized spacial score (nSPS) is 12.1. The number of nitrogens with one attached hydrogen (secondary N) is 1. The van der Waals surface area contributed by atoms with Gasteiger partial charge in [-0.25, -0.2) is 8.42 Å². The minimum atomic E-state index is -2.88. The fourth-order valence-electron chi connectivity index (χ4n) is 2.44. The fourth-order valence-corrected chi connectivity index (χ4v) is 3.09. The molecule has 0 aliphatic carbocycles. The van der Waals surface area contributed by atoms with Gasteiger partial charge in [-0.1, -0.05) is 19.1 Å². The van der Waals surface area contributed by atoms with Gasteiger partial charge in [0.15, 0.2) is 0 Å². The van der Waals surface area contributed by atoms with Crippen molar-refractivity contribution in [1.82, 2.24) is 9.88 Å². The maximum absolute atomic E-state index is 11.2. The smallest absolute Gasteiger partial charge is 0.147 e. The summed E-state index contributed by atoms with van der Waals surface area (Å²) in [6.45, 7) is 4.79. The quantitative estimate of drug-likeness (QED) is 0.763. The molecule has 1 aromatic carbocycles. The number of aromatic nitrogens is 1. The highest BCUT2D eigenvalue weighted by Gasteiger charge is 2.05. The number of nitrogens with zero attached hydrogens (tertiary/aromatic N) is 1. The lowest BCUT2D eigenvalue weighted by Gasteiger charge is -2.07. The molecule has 2 aromatic rings. The van der Waals surface area contributed by atoms with E-state index in [-0.39, 0.29) is 5.75 Å². The highest BCUT2D eigenvalue weighted by Crippen LogP contribution is 2.18. The lowest BCUT2D eigenvalue weighted by molar-refractivity contribution is 0.593. The zero-order valence-corrected chi connectivity index (χ0v) is 13.6. The predicted molar refractivity (Wildman–Crippen MR) is 88.3 cm³/mol. The summed E-state index contributed by atoms with van der Waals surface area (Å²) in [5.41, 5.74) is 2.44. The molecule has 21 heavy (non-hydrogen) atoms. The number of benzene rings is 1. The average Bonchev–Trinajstić information content (AvgIpc) is 2.81. The van der Waals surface area contributed by atoms with Crippen molar-refractivity contribution in [3.05, 3.63) is 36.0 Å². The van der Waals surface area contributed by atoms with Gasteiger partial charge in [0.2, 0.25) is 0 Å². The van der Waals surface area contributed by atoms with E-state index in [1.165, 1.54) is 22.7 Å². The zero-order valence-electron chi connectivity index (χ0n) is 12.8. The number of fused-ring (bicyclic) bond motifs is 1. The van der Waals surface area contributed by atoms with Gasteiger partial charge in [0, 0.05) is 31.1 Å². The maximum Gasteiger partial charge on any atom is 0.147 e. The third-order valence-corrected chi connectivity index (χ3v) is 4.54. The van der Waals surface area contributed by atoms with E-state index in [0.717, 1.165) is 26.1 Å². The Morgan fingerprint density at radius 2 is 2.05 bits per heavy atom. The van der Waals surface area contributed by atoms with Crippen LogP contribution < -0.4 is 5.32 Å². The summed E-state index contributed by atoms with van der Waals surface area (Å²) in [6.07, 6.45) is 5.11.